The smallest absolute Gasteiger partial charge is 0.338 e. The van der Waals surface area contributed by atoms with Crippen LogP contribution < -0.4 is 10.6 Å². The van der Waals surface area contributed by atoms with Gasteiger partial charge in [0.15, 0.2) is 0 Å². The molecule has 0 radical (unpaired) electrons. The molecule has 0 unspecified atom stereocenters. The van der Waals surface area contributed by atoms with Crippen molar-refractivity contribution in [3.05, 3.63) is 53.3 Å². The van der Waals surface area contributed by atoms with E-state index in [0.717, 1.165) is 0 Å². The minimum atomic E-state index is -1.40. The van der Waals surface area contributed by atoms with E-state index in [1.54, 1.807) is 51.1 Å². The highest BCUT2D eigenvalue weighted by atomic mass is 16.7. The molecular formula is C32H44N2O12. The van der Waals surface area contributed by atoms with Crippen molar-refractivity contribution < 1.29 is 58.2 Å². The Morgan fingerprint density at radius 3 is 2.57 bits per heavy atom. The quantitative estimate of drug-likeness (QED) is 0.102. The van der Waals surface area contributed by atoms with E-state index in [9.17, 15) is 29.4 Å². The lowest BCUT2D eigenvalue weighted by atomic mass is 9.91. The third-order valence-corrected chi connectivity index (χ3v) is 6.97. The van der Waals surface area contributed by atoms with Crippen LogP contribution in [0.5, 0.6) is 0 Å². The molecule has 1 aromatic rings. The van der Waals surface area contributed by atoms with E-state index in [2.05, 4.69) is 10.6 Å². The first kappa shape index (κ1) is 36.6. The molecule has 2 aliphatic rings. The largest absolute Gasteiger partial charge is 0.499 e. The van der Waals surface area contributed by atoms with Gasteiger partial charge >= 0.3 is 11.9 Å². The van der Waals surface area contributed by atoms with E-state index in [1.807, 2.05) is 0 Å². The van der Waals surface area contributed by atoms with Crippen molar-refractivity contribution in [2.24, 2.45) is 0 Å². The van der Waals surface area contributed by atoms with Crippen LogP contribution in [0.4, 0.5) is 0 Å². The maximum absolute atomic E-state index is 13.3. The van der Waals surface area contributed by atoms with Crippen LogP contribution in [0.15, 0.2) is 42.2 Å². The number of ether oxygens (including phenoxy) is 5. The number of nitrogens with one attached hydrogen (secondary N) is 2. The Balaban J connectivity index is 1.64. The molecule has 254 valence electrons. The zero-order chi connectivity index (χ0) is 33.9. The van der Waals surface area contributed by atoms with Gasteiger partial charge in [-0.3, -0.25) is 14.4 Å². The van der Waals surface area contributed by atoms with Gasteiger partial charge in [0.2, 0.25) is 11.8 Å². The van der Waals surface area contributed by atoms with Crippen molar-refractivity contribution in [3.63, 3.8) is 0 Å². The summed E-state index contributed by atoms with van der Waals surface area (Å²) in [6.07, 6.45) is 0.936. The highest BCUT2D eigenvalue weighted by molar-refractivity contribution is 5.97. The molecule has 0 spiro atoms. The molecule has 1 aliphatic carbocycles. The highest BCUT2D eigenvalue weighted by Crippen LogP contribution is 2.31. The van der Waals surface area contributed by atoms with Crippen LogP contribution >= 0.6 is 0 Å². The Morgan fingerprint density at radius 1 is 1.13 bits per heavy atom. The number of amides is 2. The van der Waals surface area contributed by atoms with Crippen LogP contribution in [0.2, 0.25) is 0 Å². The molecule has 0 aromatic heterocycles. The molecule has 3 rings (SSSR count). The monoisotopic (exact) mass is 648 g/mol. The molecule has 0 saturated carbocycles. The van der Waals surface area contributed by atoms with E-state index in [1.165, 1.54) is 19.3 Å². The average Bonchev–Trinajstić information content (AvgIpc) is 3.48. The zero-order valence-electron chi connectivity index (χ0n) is 26.5. The summed E-state index contributed by atoms with van der Waals surface area (Å²) >= 11 is 0. The normalized spacial score (nSPS) is 21.4. The summed E-state index contributed by atoms with van der Waals surface area (Å²) in [7, 11) is 0. The lowest BCUT2D eigenvalue weighted by Gasteiger charge is -2.31. The van der Waals surface area contributed by atoms with Crippen molar-refractivity contribution in [1.82, 2.24) is 10.6 Å². The van der Waals surface area contributed by atoms with Gasteiger partial charge in [0.25, 0.3) is 0 Å². The van der Waals surface area contributed by atoms with E-state index in [4.69, 9.17) is 28.8 Å². The minimum absolute atomic E-state index is 0.0556. The summed E-state index contributed by atoms with van der Waals surface area (Å²) in [5, 5.41) is 34.0. The van der Waals surface area contributed by atoms with Gasteiger partial charge in [0, 0.05) is 18.4 Å². The Labute approximate surface area is 267 Å². The van der Waals surface area contributed by atoms with Crippen molar-refractivity contribution in [2.45, 2.75) is 89.1 Å². The third kappa shape index (κ3) is 11.2. The van der Waals surface area contributed by atoms with Gasteiger partial charge in [-0.15, -0.1) is 0 Å². The Kier molecular flexibility index (Phi) is 13.7. The van der Waals surface area contributed by atoms with E-state index in [0.29, 0.717) is 5.56 Å². The van der Waals surface area contributed by atoms with Crippen LogP contribution in [0, 0.1) is 0 Å². The van der Waals surface area contributed by atoms with E-state index in [-0.39, 0.29) is 50.4 Å². The molecule has 46 heavy (non-hydrogen) atoms. The van der Waals surface area contributed by atoms with Crippen molar-refractivity contribution in [1.29, 1.82) is 0 Å². The molecule has 1 aromatic carbocycles. The first-order valence-corrected chi connectivity index (χ1v) is 15.1. The number of hydrogen-bond acceptors (Lipinski definition) is 12. The van der Waals surface area contributed by atoms with Gasteiger partial charge < -0.3 is 49.6 Å². The lowest BCUT2D eigenvalue weighted by molar-refractivity contribution is -0.155. The summed E-state index contributed by atoms with van der Waals surface area (Å²) in [5.74, 6) is -2.61. The molecule has 14 heteroatoms. The number of aliphatic hydroxyl groups is 3. The number of esters is 2. The number of carbonyl (C=O) groups excluding carboxylic acids is 4. The summed E-state index contributed by atoms with van der Waals surface area (Å²) < 4.78 is 27.3. The number of aliphatic hydroxyl groups excluding tert-OH is 3. The molecule has 1 fully saturated rings. The molecule has 5 N–H and O–H groups in total. The molecule has 1 heterocycles. The van der Waals surface area contributed by atoms with Gasteiger partial charge in [0.1, 0.15) is 43.4 Å². The number of fused-ring (bicyclic) bond motifs is 1. The van der Waals surface area contributed by atoms with Crippen LogP contribution in [-0.2, 0) is 38.1 Å². The van der Waals surface area contributed by atoms with Crippen LogP contribution in [0.3, 0.4) is 0 Å². The van der Waals surface area contributed by atoms with Crippen molar-refractivity contribution >= 4 is 29.8 Å². The second-order valence-corrected chi connectivity index (χ2v) is 11.9. The van der Waals surface area contributed by atoms with Crippen LogP contribution in [0.25, 0.3) is 6.08 Å². The standard InChI is InChI=1S/C32H44N2O12/c1-19(37)27(30(40)33-23(17-36)8-9-26(38)46-32(2,3)4)34-29(39)22-15-24-28(44-18-43-24)25(16-22)45-31(41)21-7-5-6-20(14-21)10-12-42-13-11-35/h5-7,10,12,14-15,19,23-25,27-28,35-37H,8-9,11,13,16-18H2,1-4H3,(H,33,40)(H,34,39)/t19-,23-,24+,25+,27+,28+/m0/s1. The number of benzene rings is 1. The van der Waals surface area contributed by atoms with E-state index < -0.39 is 72.5 Å². The maximum Gasteiger partial charge on any atom is 0.338 e. The highest BCUT2D eigenvalue weighted by Gasteiger charge is 2.43. The average molecular weight is 649 g/mol. The Hall–Kier alpha value is -3.82. The first-order chi connectivity index (χ1) is 21.8. The summed E-state index contributed by atoms with van der Waals surface area (Å²) in [6.45, 7) is 5.95. The molecule has 0 bridgehead atoms. The minimum Gasteiger partial charge on any atom is -0.499 e. The first-order valence-electron chi connectivity index (χ1n) is 15.1. The number of rotatable bonds is 15. The third-order valence-electron chi connectivity index (χ3n) is 6.97. The Bertz CT molecular complexity index is 1270. The summed E-state index contributed by atoms with van der Waals surface area (Å²) in [4.78, 5) is 51.6. The predicted molar refractivity (Wildman–Crippen MR) is 163 cm³/mol. The van der Waals surface area contributed by atoms with Gasteiger partial charge in [-0.2, -0.15) is 0 Å². The van der Waals surface area contributed by atoms with Crippen LogP contribution in [0.1, 0.15) is 62.9 Å². The maximum atomic E-state index is 13.3. The lowest BCUT2D eigenvalue weighted by Crippen LogP contribution is -2.55. The van der Waals surface area contributed by atoms with Gasteiger partial charge in [0.05, 0.1) is 37.2 Å². The molecule has 6 atom stereocenters. The molecule has 1 aliphatic heterocycles. The zero-order valence-corrected chi connectivity index (χ0v) is 26.5. The second-order valence-electron chi connectivity index (χ2n) is 11.9. The summed E-state index contributed by atoms with van der Waals surface area (Å²) in [6, 6.07) is 4.35. The fourth-order valence-corrected chi connectivity index (χ4v) is 4.77. The van der Waals surface area contributed by atoms with Crippen molar-refractivity contribution in [3.8, 4) is 0 Å². The van der Waals surface area contributed by atoms with Gasteiger partial charge in [-0.05, 0) is 64.0 Å². The molecule has 1 saturated heterocycles. The van der Waals surface area contributed by atoms with E-state index >= 15 is 0 Å². The molecule has 2 amide bonds. The van der Waals surface area contributed by atoms with Gasteiger partial charge in [-0.1, -0.05) is 12.1 Å². The Morgan fingerprint density at radius 2 is 1.89 bits per heavy atom. The topological polar surface area (TPSA) is 199 Å². The second kappa shape index (κ2) is 17.2. The number of hydrogen-bond donors (Lipinski definition) is 5. The van der Waals surface area contributed by atoms with Crippen molar-refractivity contribution in [2.75, 3.05) is 26.6 Å². The fourth-order valence-electron chi connectivity index (χ4n) is 4.77. The summed E-state index contributed by atoms with van der Waals surface area (Å²) in [5.41, 5.74) is 0.377. The van der Waals surface area contributed by atoms with Crippen LogP contribution in [-0.4, -0.2) is 108 Å². The molecule has 14 nitrogen and oxygen atoms in total. The fraction of sp³-hybridized carbons (Fsp3) is 0.562. The number of carbonyl (C=O) groups is 4. The SMILES string of the molecule is C[C@H](O)[C@@H](NC(=O)C1=C[C@H]2OCO[C@H]2[C@H](OC(=O)c2cccc(C=COCCO)c2)C1)C(=O)N[C@H](CO)CCC(=O)OC(C)(C)C. The van der Waals surface area contributed by atoms with Gasteiger partial charge in [-0.25, -0.2) is 4.79 Å². The predicted octanol–water partition coefficient (Wildman–Crippen LogP) is 0.728. The molecular weight excluding hydrogens is 604 g/mol.